The second kappa shape index (κ2) is 12.3. The minimum Gasteiger partial charge on any atom is -0.491 e. The summed E-state index contributed by atoms with van der Waals surface area (Å²) in [5, 5.41) is 2.57. The number of hydrogen-bond donors (Lipinski definition) is 1. The van der Waals surface area contributed by atoms with E-state index in [1.54, 1.807) is 0 Å². The first-order valence-corrected chi connectivity index (χ1v) is 11.0. The van der Waals surface area contributed by atoms with Crippen molar-refractivity contribution in [3.63, 3.8) is 0 Å². The van der Waals surface area contributed by atoms with Gasteiger partial charge in [-0.25, -0.2) is 9.59 Å². The smallest absolute Gasteiger partial charge is 0.408 e. The molecule has 178 valence electrons. The third-order valence-corrected chi connectivity index (χ3v) is 5.08. The summed E-state index contributed by atoms with van der Waals surface area (Å²) in [6.45, 7) is 2.06. The number of aryl methyl sites for hydroxylation is 1. The number of ether oxygens (including phenoxy) is 3. The Morgan fingerprint density at radius 3 is 2.00 bits per heavy atom. The van der Waals surface area contributed by atoms with Gasteiger partial charge in [-0.3, -0.25) is 0 Å². The summed E-state index contributed by atoms with van der Waals surface area (Å²) in [5.74, 6) is -0.0226. The standard InChI is InChI=1S/C27H30N2O5/c1-20-16-23(14-15-25(20)29(2)3)32-19-24(26(30)33-17-21-10-6-4-7-11-21)28-27(31)34-18-22-12-8-5-9-13-22/h4-16,24H,17-19H2,1-3H3,(H,28,31)/t24-/m0/s1. The van der Waals surface area contributed by atoms with Crippen LogP contribution in [0.3, 0.4) is 0 Å². The molecular weight excluding hydrogens is 432 g/mol. The summed E-state index contributed by atoms with van der Waals surface area (Å²) in [7, 11) is 3.93. The molecule has 1 N–H and O–H groups in total. The normalized spacial score (nSPS) is 11.3. The fourth-order valence-electron chi connectivity index (χ4n) is 3.30. The van der Waals surface area contributed by atoms with Crippen LogP contribution in [0.1, 0.15) is 16.7 Å². The number of rotatable bonds is 10. The van der Waals surface area contributed by atoms with Crippen LogP contribution in [0, 0.1) is 6.92 Å². The number of anilines is 1. The molecule has 0 unspecified atom stereocenters. The van der Waals surface area contributed by atoms with E-state index >= 15 is 0 Å². The Kier molecular flexibility index (Phi) is 8.91. The molecule has 7 heteroatoms. The zero-order valence-corrected chi connectivity index (χ0v) is 19.7. The molecular formula is C27H30N2O5. The van der Waals surface area contributed by atoms with Gasteiger partial charge in [0.2, 0.25) is 0 Å². The van der Waals surface area contributed by atoms with Gasteiger partial charge in [0.1, 0.15) is 25.6 Å². The molecule has 1 atom stereocenters. The van der Waals surface area contributed by atoms with Gasteiger partial charge in [0.05, 0.1) is 0 Å². The topological polar surface area (TPSA) is 77.1 Å². The summed E-state index contributed by atoms with van der Waals surface area (Å²) < 4.78 is 16.5. The largest absolute Gasteiger partial charge is 0.491 e. The fourth-order valence-corrected chi connectivity index (χ4v) is 3.30. The van der Waals surface area contributed by atoms with Gasteiger partial charge in [0.15, 0.2) is 6.04 Å². The first-order valence-electron chi connectivity index (χ1n) is 11.0. The van der Waals surface area contributed by atoms with Crippen molar-refractivity contribution in [2.45, 2.75) is 26.2 Å². The lowest BCUT2D eigenvalue weighted by Gasteiger charge is -2.20. The summed E-state index contributed by atoms with van der Waals surface area (Å²) in [4.78, 5) is 27.2. The summed E-state index contributed by atoms with van der Waals surface area (Å²) in [5.41, 5.74) is 3.78. The van der Waals surface area contributed by atoms with Crippen LogP contribution in [0.15, 0.2) is 78.9 Å². The Bertz CT molecular complexity index is 1070. The molecule has 3 aromatic carbocycles. The monoisotopic (exact) mass is 462 g/mol. The molecule has 0 aliphatic heterocycles. The number of amides is 1. The Labute approximate surface area is 200 Å². The van der Waals surface area contributed by atoms with Crippen LogP contribution in [0.4, 0.5) is 10.5 Å². The quantitative estimate of drug-likeness (QED) is 0.448. The number of nitrogens with one attached hydrogen (secondary N) is 1. The lowest BCUT2D eigenvalue weighted by Crippen LogP contribution is -2.45. The molecule has 0 heterocycles. The van der Waals surface area contributed by atoms with Crippen LogP contribution >= 0.6 is 0 Å². The highest BCUT2D eigenvalue weighted by molar-refractivity contribution is 5.81. The first-order chi connectivity index (χ1) is 16.4. The summed E-state index contributed by atoms with van der Waals surface area (Å²) in [6.07, 6.45) is -0.728. The van der Waals surface area contributed by atoms with Crippen molar-refractivity contribution in [2.24, 2.45) is 0 Å². The maximum absolute atomic E-state index is 12.8. The molecule has 0 bridgehead atoms. The van der Waals surface area contributed by atoms with E-state index < -0.39 is 18.1 Å². The Hall–Kier alpha value is -4.00. The van der Waals surface area contributed by atoms with Gasteiger partial charge < -0.3 is 24.4 Å². The lowest BCUT2D eigenvalue weighted by molar-refractivity contribution is -0.148. The van der Waals surface area contributed by atoms with Gasteiger partial charge in [-0.15, -0.1) is 0 Å². The van der Waals surface area contributed by atoms with E-state index in [4.69, 9.17) is 14.2 Å². The second-order valence-corrected chi connectivity index (χ2v) is 8.01. The first kappa shape index (κ1) is 24.6. The molecule has 0 saturated carbocycles. The van der Waals surface area contributed by atoms with Crippen molar-refractivity contribution in [3.05, 3.63) is 95.6 Å². The zero-order chi connectivity index (χ0) is 24.3. The predicted molar refractivity (Wildman–Crippen MR) is 131 cm³/mol. The number of alkyl carbamates (subject to hydrolysis) is 1. The molecule has 3 aromatic rings. The molecule has 0 radical (unpaired) electrons. The van der Waals surface area contributed by atoms with Crippen molar-refractivity contribution in [3.8, 4) is 5.75 Å². The van der Waals surface area contributed by atoms with E-state index in [0.29, 0.717) is 5.75 Å². The number of esters is 1. The molecule has 0 spiro atoms. The fraction of sp³-hybridized carbons (Fsp3) is 0.259. The highest BCUT2D eigenvalue weighted by Crippen LogP contribution is 2.23. The van der Waals surface area contributed by atoms with Crippen molar-refractivity contribution < 1.29 is 23.8 Å². The van der Waals surface area contributed by atoms with E-state index in [1.165, 1.54) is 0 Å². The van der Waals surface area contributed by atoms with Crippen LogP contribution < -0.4 is 15.0 Å². The van der Waals surface area contributed by atoms with Gasteiger partial charge in [-0.05, 0) is 41.8 Å². The molecule has 1 amide bonds. The van der Waals surface area contributed by atoms with Crippen LogP contribution in [0.25, 0.3) is 0 Å². The van der Waals surface area contributed by atoms with E-state index in [-0.39, 0.29) is 19.8 Å². The SMILES string of the molecule is Cc1cc(OC[C@H](NC(=O)OCc2ccccc2)C(=O)OCc2ccccc2)ccc1N(C)C. The average Bonchev–Trinajstić information content (AvgIpc) is 2.85. The molecule has 0 saturated heterocycles. The number of hydrogen-bond acceptors (Lipinski definition) is 6. The minimum atomic E-state index is -1.04. The van der Waals surface area contributed by atoms with Crippen molar-refractivity contribution >= 4 is 17.7 Å². The van der Waals surface area contributed by atoms with Crippen molar-refractivity contribution in [1.82, 2.24) is 5.32 Å². The lowest BCUT2D eigenvalue weighted by atomic mass is 10.2. The third kappa shape index (κ3) is 7.55. The van der Waals surface area contributed by atoms with E-state index in [0.717, 1.165) is 22.4 Å². The van der Waals surface area contributed by atoms with Crippen LogP contribution in [0.2, 0.25) is 0 Å². The van der Waals surface area contributed by atoms with E-state index in [2.05, 4.69) is 5.32 Å². The van der Waals surface area contributed by atoms with Gasteiger partial charge in [0.25, 0.3) is 0 Å². The Morgan fingerprint density at radius 1 is 0.853 bits per heavy atom. The third-order valence-electron chi connectivity index (χ3n) is 5.08. The number of nitrogens with zero attached hydrogens (tertiary/aromatic N) is 1. The number of carbonyl (C=O) groups is 2. The average molecular weight is 463 g/mol. The molecule has 0 fully saturated rings. The molecule has 0 aliphatic rings. The molecule has 7 nitrogen and oxygen atoms in total. The molecule has 0 aliphatic carbocycles. The van der Waals surface area contributed by atoms with Crippen LogP contribution in [-0.2, 0) is 27.5 Å². The van der Waals surface area contributed by atoms with E-state index in [9.17, 15) is 9.59 Å². The molecule has 34 heavy (non-hydrogen) atoms. The molecule has 3 rings (SSSR count). The number of carbonyl (C=O) groups excluding carboxylic acids is 2. The van der Waals surface area contributed by atoms with Gasteiger partial charge >= 0.3 is 12.1 Å². The van der Waals surface area contributed by atoms with E-state index in [1.807, 2.05) is 105 Å². The Balaban J connectivity index is 1.63. The predicted octanol–water partition coefficient (Wildman–Crippen LogP) is 4.48. The van der Waals surface area contributed by atoms with Gasteiger partial charge in [0, 0.05) is 19.8 Å². The Morgan fingerprint density at radius 2 is 1.44 bits per heavy atom. The maximum Gasteiger partial charge on any atom is 0.408 e. The maximum atomic E-state index is 12.8. The molecule has 0 aromatic heterocycles. The highest BCUT2D eigenvalue weighted by atomic mass is 16.6. The second-order valence-electron chi connectivity index (χ2n) is 8.01. The van der Waals surface area contributed by atoms with Crippen LogP contribution in [-0.4, -0.2) is 38.8 Å². The van der Waals surface area contributed by atoms with Crippen molar-refractivity contribution in [2.75, 3.05) is 25.6 Å². The number of benzene rings is 3. The van der Waals surface area contributed by atoms with Crippen LogP contribution in [0.5, 0.6) is 5.75 Å². The van der Waals surface area contributed by atoms with Crippen molar-refractivity contribution in [1.29, 1.82) is 0 Å². The van der Waals surface area contributed by atoms with Gasteiger partial charge in [-0.1, -0.05) is 60.7 Å². The highest BCUT2D eigenvalue weighted by Gasteiger charge is 2.24. The minimum absolute atomic E-state index is 0.0878. The zero-order valence-electron chi connectivity index (χ0n) is 19.7. The van der Waals surface area contributed by atoms with Gasteiger partial charge in [-0.2, -0.15) is 0 Å². The summed E-state index contributed by atoms with van der Waals surface area (Å²) >= 11 is 0. The summed E-state index contributed by atoms with van der Waals surface area (Å²) in [6, 6.07) is 23.2.